The summed E-state index contributed by atoms with van der Waals surface area (Å²) in [5.41, 5.74) is 8.52. The standard InChI is InChI=1S/C22H21ClFN9/c23-18-2-1-3-19(20(18)24)33-22(29-30-31-33)17-6-12(9-26-21(17)25)13-10-27-32(11-13)16-7-14-4-5-15(8-16)28-14/h1-3,6,9-11,14-16,28H,4-5,7-8H2,(H2,25,26)/t14-,15+,16+. The van der Waals surface area contributed by atoms with Crippen molar-refractivity contribution in [3.8, 4) is 28.2 Å². The van der Waals surface area contributed by atoms with Gasteiger partial charge in [0.05, 0.1) is 22.8 Å². The zero-order chi connectivity index (χ0) is 22.5. The van der Waals surface area contributed by atoms with Gasteiger partial charge < -0.3 is 11.1 Å². The average molecular weight is 466 g/mol. The lowest BCUT2D eigenvalue weighted by molar-refractivity contribution is 0.281. The summed E-state index contributed by atoms with van der Waals surface area (Å²) in [5.74, 6) is -0.113. The van der Waals surface area contributed by atoms with E-state index in [2.05, 4.69) is 35.6 Å². The number of nitrogen functional groups attached to an aromatic ring is 1. The van der Waals surface area contributed by atoms with Crippen molar-refractivity contribution in [2.45, 2.75) is 43.8 Å². The summed E-state index contributed by atoms with van der Waals surface area (Å²) in [4.78, 5) is 4.34. The number of benzene rings is 1. The molecule has 33 heavy (non-hydrogen) atoms. The quantitative estimate of drug-likeness (QED) is 0.474. The second-order valence-corrected chi connectivity index (χ2v) is 9.02. The first-order chi connectivity index (χ1) is 16.1. The van der Waals surface area contributed by atoms with E-state index in [0.717, 1.165) is 24.0 Å². The van der Waals surface area contributed by atoms with Crippen LogP contribution in [0.4, 0.5) is 10.2 Å². The molecule has 0 radical (unpaired) electrons. The third-order valence-electron chi connectivity index (χ3n) is 6.55. The van der Waals surface area contributed by atoms with E-state index in [9.17, 15) is 4.39 Å². The number of fused-ring (bicyclic) bond motifs is 2. The first-order valence-corrected chi connectivity index (χ1v) is 11.2. The summed E-state index contributed by atoms with van der Waals surface area (Å²) < 4.78 is 18.0. The molecule has 11 heteroatoms. The van der Waals surface area contributed by atoms with Crippen molar-refractivity contribution in [1.82, 2.24) is 40.3 Å². The maximum Gasteiger partial charge on any atom is 0.190 e. The Labute approximate surface area is 193 Å². The molecule has 0 unspecified atom stereocenters. The van der Waals surface area contributed by atoms with Crippen LogP contribution in [-0.4, -0.2) is 47.1 Å². The molecule has 3 N–H and O–H groups in total. The predicted molar refractivity (Wildman–Crippen MR) is 121 cm³/mol. The number of nitrogens with zero attached hydrogens (tertiary/aromatic N) is 7. The lowest BCUT2D eigenvalue weighted by Gasteiger charge is -2.29. The number of piperidine rings is 1. The maximum atomic E-state index is 14.6. The second-order valence-electron chi connectivity index (χ2n) is 8.62. The number of aromatic nitrogens is 7. The number of nitrogens with one attached hydrogen (secondary N) is 1. The van der Waals surface area contributed by atoms with Crippen LogP contribution in [0.15, 0.2) is 42.9 Å². The van der Waals surface area contributed by atoms with E-state index in [-0.39, 0.29) is 22.4 Å². The number of tetrazole rings is 1. The molecule has 168 valence electrons. The van der Waals surface area contributed by atoms with Gasteiger partial charge in [-0.2, -0.15) is 9.78 Å². The molecule has 2 aliphatic rings. The largest absolute Gasteiger partial charge is 0.383 e. The normalized spacial score (nSPS) is 22.1. The van der Waals surface area contributed by atoms with E-state index in [4.69, 9.17) is 17.3 Å². The summed E-state index contributed by atoms with van der Waals surface area (Å²) in [5, 5.41) is 20.0. The molecule has 0 amide bonds. The minimum atomic E-state index is -0.618. The van der Waals surface area contributed by atoms with Crippen molar-refractivity contribution >= 4 is 17.4 Å². The van der Waals surface area contributed by atoms with Gasteiger partial charge in [0.25, 0.3) is 0 Å². The fourth-order valence-electron chi connectivity index (χ4n) is 4.92. The van der Waals surface area contributed by atoms with Gasteiger partial charge in [0.2, 0.25) is 0 Å². The molecule has 2 saturated heterocycles. The molecule has 2 fully saturated rings. The highest BCUT2D eigenvalue weighted by Crippen LogP contribution is 2.35. The van der Waals surface area contributed by atoms with E-state index in [0.29, 0.717) is 23.7 Å². The lowest BCUT2D eigenvalue weighted by Crippen LogP contribution is -2.38. The van der Waals surface area contributed by atoms with Crippen LogP contribution < -0.4 is 11.1 Å². The SMILES string of the molecule is Nc1ncc(-c2cnn([C@H]3C[C@H]4CC[C@@H](C3)N4)c2)cc1-c1nnnn1-c1cccc(Cl)c1F. The Morgan fingerprint density at radius 3 is 2.76 bits per heavy atom. The van der Waals surface area contributed by atoms with Gasteiger partial charge in [-0.15, -0.1) is 5.10 Å². The van der Waals surface area contributed by atoms with Crippen molar-refractivity contribution < 1.29 is 4.39 Å². The van der Waals surface area contributed by atoms with E-state index < -0.39 is 5.82 Å². The van der Waals surface area contributed by atoms with Gasteiger partial charge in [-0.3, -0.25) is 4.68 Å². The molecule has 5 heterocycles. The molecule has 2 aliphatic heterocycles. The first-order valence-electron chi connectivity index (χ1n) is 10.9. The van der Waals surface area contributed by atoms with Crippen LogP contribution in [-0.2, 0) is 0 Å². The molecule has 1 aromatic carbocycles. The topological polar surface area (TPSA) is 112 Å². The summed E-state index contributed by atoms with van der Waals surface area (Å²) >= 11 is 5.95. The molecule has 0 spiro atoms. The highest BCUT2D eigenvalue weighted by molar-refractivity contribution is 6.30. The van der Waals surface area contributed by atoms with Gasteiger partial charge in [-0.1, -0.05) is 17.7 Å². The van der Waals surface area contributed by atoms with Gasteiger partial charge >= 0.3 is 0 Å². The van der Waals surface area contributed by atoms with Crippen LogP contribution in [0.5, 0.6) is 0 Å². The minimum Gasteiger partial charge on any atom is -0.383 e. The lowest BCUT2D eigenvalue weighted by atomic mass is 10.00. The maximum absolute atomic E-state index is 14.6. The third kappa shape index (κ3) is 3.55. The third-order valence-corrected chi connectivity index (χ3v) is 6.84. The highest BCUT2D eigenvalue weighted by Gasteiger charge is 2.34. The van der Waals surface area contributed by atoms with Crippen molar-refractivity contribution in [1.29, 1.82) is 0 Å². The Balaban J connectivity index is 1.35. The van der Waals surface area contributed by atoms with Crippen molar-refractivity contribution in [3.63, 3.8) is 0 Å². The van der Waals surface area contributed by atoms with E-state index in [1.165, 1.54) is 23.6 Å². The Hall–Kier alpha value is -3.37. The number of anilines is 1. The minimum absolute atomic E-state index is 0.0208. The number of rotatable bonds is 4. The van der Waals surface area contributed by atoms with Crippen LogP contribution in [0.3, 0.4) is 0 Å². The van der Waals surface area contributed by atoms with Gasteiger partial charge in [0.15, 0.2) is 11.6 Å². The van der Waals surface area contributed by atoms with Gasteiger partial charge in [-0.25, -0.2) is 9.37 Å². The molecule has 2 bridgehead atoms. The predicted octanol–water partition coefficient (Wildman–Crippen LogP) is 3.42. The van der Waals surface area contributed by atoms with Crippen LogP contribution in [0, 0.1) is 5.82 Å². The molecule has 6 rings (SSSR count). The average Bonchev–Trinajstić information content (AvgIpc) is 3.56. The molecule has 4 aromatic rings. The fraction of sp³-hybridized carbons (Fsp3) is 0.318. The highest BCUT2D eigenvalue weighted by atomic mass is 35.5. The van der Waals surface area contributed by atoms with Gasteiger partial charge in [-0.05, 0) is 54.3 Å². The molecule has 3 aromatic heterocycles. The summed E-state index contributed by atoms with van der Waals surface area (Å²) in [7, 11) is 0. The van der Waals surface area contributed by atoms with Crippen LogP contribution in [0.1, 0.15) is 31.7 Å². The second kappa shape index (κ2) is 7.89. The van der Waals surface area contributed by atoms with Crippen LogP contribution in [0.25, 0.3) is 28.2 Å². The van der Waals surface area contributed by atoms with E-state index >= 15 is 0 Å². The zero-order valence-electron chi connectivity index (χ0n) is 17.6. The Morgan fingerprint density at radius 1 is 1.12 bits per heavy atom. The first kappa shape index (κ1) is 20.3. The molecule has 0 aliphatic carbocycles. The summed E-state index contributed by atoms with van der Waals surface area (Å²) in [6.45, 7) is 0. The Morgan fingerprint density at radius 2 is 1.94 bits per heavy atom. The number of hydrogen-bond donors (Lipinski definition) is 2. The number of nitrogens with two attached hydrogens (primary N) is 1. The molecule has 0 saturated carbocycles. The monoisotopic (exact) mass is 465 g/mol. The zero-order valence-corrected chi connectivity index (χ0v) is 18.3. The van der Waals surface area contributed by atoms with Crippen LogP contribution in [0.2, 0.25) is 5.02 Å². The molecule has 3 atom stereocenters. The van der Waals surface area contributed by atoms with E-state index in [1.54, 1.807) is 18.3 Å². The summed E-state index contributed by atoms with van der Waals surface area (Å²) in [6, 6.07) is 8.04. The number of hydrogen-bond acceptors (Lipinski definition) is 7. The smallest absolute Gasteiger partial charge is 0.190 e. The molecule has 9 nitrogen and oxygen atoms in total. The van der Waals surface area contributed by atoms with E-state index in [1.807, 2.05) is 18.5 Å². The van der Waals surface area contributed by atoms with Crippen molar-refractivity contribution in [2.24, 2.45) is 0 Å². The van der Waals surface area contributed by atoms with Crippen LogP contribution >= 0.6 is 11.6 Å². The van der Waals surface area contributed by atoms with Crippen molar-refractivity contribution in [3.05, 3.63) is 53.7 Å². The molecular formula is C22H21ClFN9. The Bertz CT molecular complexity index is 1320. The van der Waals surface area contributed by atoms with Gasteiger partial charge in [0.1, 0.15) is 11.5 Å². The van der Waals surface area contributed by atoms with Crippen molar-refractivity contribution in [2.75, 3.05) is 5.73 Å². The van der Waals surface area contributed by atoms with Gasteiger partial charge in [0, 0.05) is 35.6 Å². The summed E-state index contributed by atoms with van der Waals surface area (Å²) in [6.07, 6.45) is 10.2. The molecular weight excluding hydrogens is 445 g/mol. The number of halogens is 2. The Kier molecular flexibility index (Phi) is 4.84. The fourth-order valence-corrected chi connectivity index (χ4v) is 5.09. The number of pyridine rings is 1.